The van der Waals surface area contributed by atoms with Gasteiger partial charge < -0.3 is 4.90 Å². The molecule has 0 aliphatic carbocycles. The van der Waals surface area contributed by atoms with Gasteiger partial charge in [-0.3, -0.25) is 0 Å². The van der Waals surface area contributed by atoms with Crippen molar-refractivity contribution in [2.24, 2.45) is 5.92 Å². The van der Waals surface area contributed by atoms with Crippen LogP contribution in [0.1, 0.15) is 13.3 Å². The third-order valence-electron chi connectivity index (χ3n) is 3.51. The first-order valence-electron chi connectivity index (χ1n) is 7.04. The molecule has 0 spiro atoms. The van der Waals surface area contributed by atoms with Crippen molar-refractivity contribution in [2.45, 2.75) is 13.3 Å². The van der Waals surface area contributed by atoms with Crippen molar-refractivity contribution >= 4 is 0 Å². The molecule has 1 nitrogen and oxygen atoms in total. The normalized spacial score (nSPS) is 18.7. The molecule has 1 atom stereocenters. The lowest BCUT2D eigenvalue weighted by molar-refractivity contribution is 0.402. The molecule has 100 valence electrons. The van der Waals surface area contributed by atoms with Crippen LogP contribution in [-0.2, 0) is 0 Å². The van der Waals surface area contributed by atoms with Crippen molar-refractivity contribution < 1.29 is 0 Å². The van der Waals surface area contributed by atoms with Gasteiger partial charge in [-0.1, -0.05) is 67.6 Å². The van der Waals surface area contributed by atoms with E-state index in [0.29, 0.717) is 0 Å². The molecular formula is C18H23N. The van der Waals surface area contributed by atoms with E-state index in [4.69, 9.17) is 0 Å². The van der Waals surface area contributed by atoms with E-state index in [2.05, 4.69) is 67.4 Å². The van der Waals surface area contributed by atoms with Gasteiger partial charge in [0.05, 0.1) is 0 Å². The fraction of sp³-hybridized carbons (Fsp3) is 0.333. The number of hydrogen-bond donors (Lipinski definition) is 0. The summed E-state index contributed by atoms with van der Waals surface area (Å²) < 4.78 is 0. The first kappa shape index (κ1) is 13.8. The van der Waals surface area contributed by atoms with Gasteiger partial charge in [-0.2, -0.15) is 0 Å². The highest BCUT2D eigenvalue weighted by atomic mass is 15.1. The van der Waals surface area contributed by atoms with Gasteiger partial charge in [0.15, 0.2) is 0 Å². The van der Waals surface area contributed by atoms with E-state index in [9.17, 15) is 0 Å². The number of likely N-dealkylation sites (tertiary alicyclic amines) is 1. The van der Waals surface area contributed by atoms with Crippen molar-refractivity contribution in [3.05, 3.63) is 60.7 Å². The lowest BCUT2D eigenvalue weighted by atomic mass is 10.1. The van der Waals surface area contributed by atoms with Crippen LogP contribution in [0.2, 0.25) is 0 Å². The van der Waals surface area contributed by atoms with Crippen molar-refractivity contribution in [3.8, 4) is 11.1 Å². The highest BCUT2D eigenvalue weighted by Crippen LogP contribution is 2.17. The number of hydrogen-bond acceptors (Lipinski definition) is 1. The van der Waals surface area contributed by atoms with Gasteiger partial charge in [-0.15, -0.1) is 0 Å². The van der Waals surface area contributed by atoms with Crippen LogP contribution in [0.15, 0.2) is 60.7 Å². The second-order valence-corrected chi connectivity index (χ2v) is 5.39. The Hall–Kier alpha value is -1.60. The fourth-order valence-corrected chi connectivity index (χ4v) is 2.42. The zero-order valence-electron chi connectivity index (χ0n) is 11.9. The topological polar surface area (TPSA) is 3.24 Å². The first-order valence-corrected chi connectivity index (χ1v) is 7.04. The number of benzene rings is 2. The molecule has 1 aliphatic heterocycles. The van der Waals surface area contributed by atoms with Gasteiger partial charge in [0.25, 0.3) is 0 Å². The highest BCUT2D eigenvalue weighted by molar-refractivity contribution is 5.62. The zero-order valence-corrected chi connectivity index (χ0v) is 11.9. The largest absolute Gasteiger partial charge is 0.306 e. The first-order chi connectivity index (χ1) is 9.25. The van der Waals surface area contributed by atoms with Gasteiger partial charge in [0.2, 0.25) is 0 Å². The Kier molecular flexibility index (Phi) is 5.17. The molecule has 0 aromatic heterocycles. The van der Waals surface area contributed by atoms with Crippen LogP contribution in [0, 0.1) is 5.92 Å². The van der Waals surface area contributed by atoms with Crippen LogP contribution < -0.4 is 0 Å². The Morgan fingerprint density at radius 1 is 0.842 bits per heavy atom. The molecule has 2 aromatic carbocycles. The fourth-order valence-electron chi connectivity index (χ4n) is 2.42. The lowest BCUT2D eigenvalue weighted by Gasteiger charge is -2.03. The minimum absolute atomic E-state index is 0.949. The maximum Gasteiger partial charge on any atom is 0.000445 e. The Morgan fingerprint density at radius 3 is 1.58 bits per heavy atom. The summed E-state index contributed by atoms with van der Waals surface area (Å²) in [4.78, 5) is 2.38. The van der Waals surface area contributed by atoms with E-state index < -0.39 is 0 Å². The van der Waals surface area contributed by atoms with E-state index in [1.54, 1.807) is 0 Å². The van der Waals surface area contributed by atoms with E-state index in [-0.39, 0.29) is 0 Å². The molecule has 1 fully saturated rings. The molecule has 1 aliphatic rings. The molecular weight excluding hydrogens is 230 g/mol. The van der Waals surface area contributed by atoms with Gasteiger partial charge >= 0.3 is 0 Å². The molecule has 2 aromatic rings. The van der Waals surface area contributed by atoms with Crippen molar-refractivity contribution in [3.63, 3.8) is 0 Å². The maximum atomic E-state index is 2.38. The molecule has 1 heteroatoms. The average molecular weight is 253 g/mol. The van der Waals surface area contributed by atoms with Crippen LogP contribution in [0.3, 0.4) is 0 Å². The van der Waals surface area contributed by atoms with Crippen molar-refractivity contribution in [1.29, 1.82) is 0 Å². The molecule has 19 heavy (non-hydrogen) atoms. The predicted molar refractivity (Wildman–Crippen MR) is 83.2 cm³/mol. The average Bonchev–Trinajstić information content (AvgIpc) is 2.85. The Labute approximate surface area is 116 Å². The van der Waals surface area contributed by atoms with Gasteiger partial charge in [-0.25, -0.2) is 0 Å². The van der Waals surface area contributed by atoms with Crippen molar-refractivity contribution in [1.82, 2.24) is 4.90 Å². The molecule has 0 bridgehead atoms. The Morgan fingerprint density at radius 2 is 1.32 bits per heavy atom. The standard InChI is InChI=1S/C12H10.C6H13N/c1-3-7-11(8-4-1)12-9-5-2-6-10-12;1-6-3-4-7(2)5-6/h1-10H;6H,3-5H2,1-2H3. The summed E-state index contributed by atoms with van der Waals surface area (Å²) >= 11 is 0. The third kappa shape index (κ3) is 4.53. The zero-order chi connectivity index (χ0) is 13.5. The van der Waals surface area contributed by atoms with Crippen LogP contribution in [0.5, 0.6) is 0 Å². The third-order valence-corrected chi connectivity index (χ3v) is 3.51. The Bertz CT molecular complexity index is 418. The van der Waals surface area contributed by atoms with E-state index in [0.717, 1.165) is 5.92 Å². The van der Waals surface area contributed by atoms with E-state index in [1.807, 2.05) is 12.1 Å². The molecule has 3 rings (SSSR count). The summed E-state index contributed by atoms with van der Waals surface area (Å²) in [6.07, 6.45) is 1.40. The predicted octanol–water partition coefficient (Wildman–Crippen LogP) is 4.31. The van der Waals surface area contributed by atoms with E-state index in [1.165, 1.54) is 30.6 Å². The lowest BCUT2D eigenvalue weighted by Crippen LogP contribution is -2.12. The van der Waals surface area contributed by atoms with Crippen molar-refractivity contribution in [2.75, 3.05) is 20.1 Å². The number of rotatable bonds is 1. The van der Waals surface area contributed by atoms with Crippen LogP contribution in [0.4, 0.5) is 0 Å². The summed E-state index contributed by atoms with van der Waals surface area (Å²) in [6.45, 7) is 4.92. The van der Waals surface area contributed by atoms with Crippen LogP contribution in [-0.4, -0.2) is 25.0 Å². The summed E-state index contributed by atoms with van der Waals surface area (Å²) in [5.74, 6) is 0.949. The van der Waals surface area contributed by atoms with Gasteiger partial charge in [0, 0.05) is 6.54 Å². The molecule has 1 heterocycles. The maximum absolute atomic E-state index is 2.38. The van der Waals surface area contributed by atoms with E-state index >= 15 is 0 Å². The highest BCUT2D eigenvalue weighted by Gasteiger charge is 2.13. The quantitative estimate of drug-likeness (QED) is 0.732. The number of nitrogens with zero attached hydrogens (tertiary/aromatic N) is 1. The molecule has 0 radical (unpaired) electrons. The summed E-state index contributed by atoms with van der Waals surface area (Å²) in [5, 5.41) is 0. The SMILES string of the molecule is CC1CCN(C)C1.c1ccc(-c2ccccc2)cc1. The van der Waals surface area contributed by atoms with Gasteiger partial charge in [-0.05, 0) is 37.1 Å². The summed E-state index contributed by atoms with van der Waals surface area (Å²) in [5.41, 5.74) is 2.55. The molecule has 1 saturated heterocycles. The molecule has 0 saturated carbocycles. The summed E-state index contributed by atoms with van der Waals surface area (Å²) in [7, 11) is 2.18. The molecule has 1 unspecified atom stereocenters. The van der Waals surface area contributed by atoms with Gasteiger partial charge in [0.1, 0.15) is 0 Å². The van der Waals surface area contributed by atoms with Crippen LogP contribution >= 0.6 is 0 Å². The molecule has 0 amide bonds. The molecule has 0 N–H and O–H groups in total. The minimum atomic E-state index is 0.949. The Balaban J connectivity index is 0.000000163. The van der Waals surface area contributed by atoms with Crippen LogP contribution in [0.25, 0.3) is 11.1 Å². The minimum Gasteiger partial charge on any atom is -0.306 e. The smallest absolute Gasteiger partial charge is 0.000445 e. The second kappa shape index (κ2) is 7.10. The monoisotopic (exact) mass is 253 g/mol. The summed E-state index contributed by atoms with van der Waals surface area (Å²) in [6, 6.07) is 20.8. The second-order valence-electron chi connectivity index (χ2n) is 5.39.